The van der Waals surface area contributed by atoms with Crippen molar-refractivity contribution in [2.75, 3.05) is 11.9 Å². The Morgan fingerprint density at radius 2 is 1.88 bits per heavy atom. The molecule has 0 atom stereocenters. The molecule has 6 nitrogen and oxygen atoms in total. The molecule has 0 unspecified atom stereocenters. The summed E-state index contributed by atoms with van der Waals surface area (Å²) in [6.07, 6.45) is 1.48. The molecule has 0 spiro atoms. The highest BCUT2D eigenvalue weighted by Gasteiger charge is 2.23. The smallest absolute Gasteiger partial charge is 0.257 e. The van der Waals surface area contributed by atoms with Crippen molar-refractivity contribution >= 4 is 11.6 Å². The first-order valence-corrected chi connectivity index (χ1v) is 11.2. The lowest BCUT2D eigenvalue weighted by Crippen LogP contribution is -2.39. The van der Waals surface area contributed by atoms with Crippen LogP contribution >= 0.6 is 0 Å². The fourth-order valence-corrected chi connectivity index (χ4v) is 4.39. The topological polar surface area (TPSA) is 67.2 Å². The predicted octanol–water partition coefficient (Wildman–Crippen LogP) is 3.62. The molecule has 1 N–H and O–H groups in total. The Morgan fingerprint density at radius 1 is 1.09 bits per heavy atom. The van der Waals surface area contributed by atoms with Crippen LogP contribution in [0.1, 0.15) is 40.7 Å². The molecule has 0 saturated carbocycles. The summed E-state index contributed by atoms with van der Waals surface area (Å²) in [5.74, 6) is 0.369. The average molecular weight is 431 g/mol. The van der Waals surface area contributed by atoms with Crippen LogP contribution in [0.2, 0.25) is 0 Å². The maximum absolute atomic E-state index is 13.2. The second-order valence-corrected chi connectivity index (χ2v) is 8.43. The number of hydrogen-bond acceptors (Lipinski definition) is 4. The van der Waals surface area contributed by atoms with Gasteiger partial charge < -0.3 is 5.32 Å². The van der Waals surface area contributed by atoms with E-state index in [0.717, 1.165) is 47.6 Å². The van der Waals surface area contributed by atoms with Crippen LogP contribution in [0.25, 0.3) is 0 Å². The first kappa shape index (κ1) is 22.0. The molecule has 2 aromatic carbocycles. The number of para-hydroxylation sites is 1. The summed E-state index contributed by atoms with van der Waals surface area (Å²) in [5, 5.41) is 3.01. The number of carbonyl (C=O) groups excluding carboxylic acids is 1. The van der Waals surface area contributed by atoms with Crippen molar-refractivity contribution in [1.82, 2.24) is 14.5 Å². The lowest BCUT2D eigenvalue weighted by Gasteiger charge is -2.28. The molecule has 1 aliphatic rings. The minimum absolute atomic E-state index is 0.0316. The van der Waals surface area contributed by atoms with Crippen molar-refractivity contribution in [3.05, 3.63) is 92.7 Å². The highest BCUT2D eigenvalue weighted by Crippen LogP contribution is 2.21. The van der Waals surface area contributed by atoms with Gasteiger partial charge in [0.2, 0.25) is 5.91 Å². The normalized spacial score (nSPS) is 13.6. The Morgan fingerprint density at radius 3 is 2.62 bits per heavy atom. The van der Waals surface area contributed by atoms with E-state index < -0.39 is 0 Å². The van der Waals surface area contributed by atoms with Crippen molar-refractivity contribution in [2.24, 2.45) is 0 Å². The Bertz CT molecular complexity index is 1180. The number of anilines is 1. The van der Waals surface area contributed by atoms with Gasteiger partial charge in [0.15, 0.2) is 0 Å². The third-order valence-corrected chi connectivity index (χ3v) is 6.15. The number of rotatable bonds is 6. The molecule has 0 fully saturated rings. The number of carbonyl (C=O) groups is 1. The zero-order chi connectivity index (χ0) is 22.7. The second-order valence-electron chi connectivity index (χ2n) is 8.43. The quantitative estimate of drug-likeness (QED) is 0.649. The molecule has 0 aliphatic carbocycles. The molecule has 1 aromatic heterocycles. The zero-order valence-corrected chi connectivity index (χ0v) is 19.0. The third-order valence-electron chi connectivity index (χ3n) is 6.15. The summed E-state index contributed by atoms with van der Waals surface area (Å²) in [6, 6.07) is 16.3. The highest BCUT2D eigenvalue weighted by atomic mass is 16.2. The van der Waals surface area contributed by atoms with E-state index in [1.807, 2.05) is 43.3 Å². The molecule has 0 bridgehead atoms. The molecule has 2 heterocycles. The minimum atomic E-state index is -0.206. The summed E-state index contributed by atoms with van der Waals surface area (Å²) < 4.78 is 1.50. The predicted molar refractivity (Wildman–Crippen MR) is 127 cm³/mol. The standard InChI is InChI=1S/C26H30N4O2/c1-4-21-12-8-9-18(2)25(21)28-24(31)17-30-19(3)27-23-16-29(14-13-22(23)26(30)32)15-20-10-6-5-7-11-20/h5-12H,4,13-17H2,1-3H3,(H,28,31). The van der Waals surface area contributed by atoms with E-state index in [-0.39, 0.29) is 18.0 Å². The minimum Gasteiger partial charge on any atom is -0.324 e. The largest absolute Gasteiger partial charge is 0.324 e. The maximum atomic E-state index is 13.2. The van der Waals surface area contributed by atoms with Gasteiger partial charge in [0.25, 0.3) is 5.56 Å². The number of nitrogens with one attached hydrogen (secondary N) is 1. The molecule has 32 heavy (non-hydrogen) atoms. The number of nitrogens with zero attached hydrogens (tertiary/aromatic N) is 3. The van der Waals surface area contributed by atoms with Crippen molar-refractivity contribution in [3.63, 3.8) is 0 Å². The molecule has 0 saturated heterocycles. The first-order valence-electron chi connectivity index (χ1n) is 11.2. The molecule has 1 amide bonds. The Labute approximate surface area is 188 Å². The summed E-state index contributed by atoms with van der Waals surface area (Å²) in [6.45, 7) is 8.10. The number of hydrogen-bond donors (Lipinski definition) is 1. The van der Waals surface area contributed by atoms with Gasteiger partial charge >= 0.3 is 0 Å². The van der Waals surface area contributed by atoms with Crippen LogP contribution < -0.4 is 10.9 Å². The van der Waals surface area contributed by atoms with E-state index in [4.69, 9.17) is 4.98 Å². The highest BCUT2D eigenvalue weighted by molar-refractivity contribution is 5.92. The lowest BCUT2D eigenvalue weighted by atomic mass is 10.0. The number of benzene rings is 2. The fourth-order valence-electron chi connectivity index (χ4n) is 4.39. The summed E-state index contributed by atoms with van der Waals surface area (Å²) in [5.41, 5.74) is 5.67. The van der Waals surface area contributed by atoms with Crippen LogP contribution in [0, 0.1) is 13.8 Å². The van der Waals surface area contributed by atoms with Crippen LogP contribution in [-0.2, 0) is 37.3 Å². The monoisotopic (exact) mass is 430 g/mol. The Balaban J connectivity index is 1.51. The van der Waals surface area contributed by atoms with Gasteiger partial charge in [0.05, 0.1) is 5.69 Å². The van der Waals surface area contributed by atoms with E-state index in [9.17, 15) is 9.59 Å². The molecular weight excluding hydrogens is 400 g/mol. The SMILES string of the molecule is CCc1cccc(C)c1NC(=O)Cn1c(C)nc2c(c1=O)CCN(Cc1ccccc1)C2. The van der Waals surface area contributed by atoms with Crippen molar-refractivity contribution in [2.45, 2.75) is 53.2 Å². The van der Waals surface area contributed by atoms with Crippen LogP contribution in [0.4, 0.5) is 5.69 Å². The molecule has 166 valence electrons. The number of aromatic nitrogens is 2. The third kappa shape index (κ3) is 4.65. The molecule has 3 aromatic rings. The van der Waals surface area contributed by atoms with E-state index in [1.165, 1.54) is 10.1 Å². The van der Waals surface area contributed by atoms with Crippen LogP contribution in [0.15, 0.2) is 53.3 Å². The lowest BCUT2D eigenvalue weighted by molar-refractivity contribution is -0.116. The molecule has 1 aliphatic heterocycles. The summed E-state index contributed by atoms with van der Waals surface area (Å²) >= 11 is 0. The fraction of sp³-hybridized carbons (Fsp3) is 0.346. The van der Waals surface area contributed by atoms with Gasteiger partial charge in [-0.05, 0) is 43.4 Å². The van der Waals surface area contributed by atoms with Gasteiger partial charge in [-0.3, -0.25) is 19.1 Å². The van der Waals surface area contributed by atoms with Gasteiger partial charge in [0, 0.05) is 30.9 Å². The number of aryl methyl sites for hydroxylation is 3. The molecular formula is C26H30N4O2. The van der Waals surface area contributed by atoms with E-state index >= 15 is 0 Å². The van der Waals surface area contributed by atoms with Crippen LogP contribution in [0.3, 0.4) is 0 Å². The van der Waals surface area contributed by atoms with E-state index in [2.05, 4.69) is 29.3 Å². The molecule has 6 heteroatoms. The second kappa shape index (κ2) is 9.49. The summed E-state index contributed by atoms with van der Waals surface area (Å²) in [7, 11) is 0. The van der Waals surface area contributed by atoms with Gasteiger partial charge in [-0.25, -0.2) is 4.98 Å². The van der Waals surface area contributed by atoms with Gasteiger partial charge in [-0.15, -0.1) is 0 Å². The van der Waals surface area contributed by atoms with Gasteiger partial charge in [-0.1, -0.05) is 55.5 Å². The zero-order valence-electron chi connectivity index (χ0n) is 19.0. The number of fused-ring (bicyclic) bond motifs is 1. The first-order chi connectivity index (χ1) is 15.5. The van der Waals surface area contributed by atoms with Crippen LogP contribution in [-0.4, -0.2) is 26.9 Å². The van der Waals surface area contributed by atoms with Gasteiger partial charge in [0.1, 0.15) is 12.4 Å². The van der Waals surface area contributed by atoms with E-state index in [1.54, 1.807) is 6.92 Å². The van der Waals surface area contributed by atoms with Crippen molar-refractivity contribution in [3.8, 4) is 0 Å². The molecule has 4 rings (SSSR count). The Hall–Kier alpha value is -3.25. The van der Waals surface area contributed by atoms with Crippen molar-refractivity contribution < 1.29 is 4.79 Å². The Kier molecular flexibility index (Phi) is 6.51. The van der Waals surface area contributed by atoms with Crippen LogP contribution in [0.5, 0.6) is 0 Å². The molecule has 0 radical (unpaired) electrons. The van der Waals surface area contributed by atoms with Gasteiger partial charge in [-0.2, -0.15) is 0 Å². The maximum Gasteiger partial charge on any atom is 0.257 e. The number of amides is 1. The van der Waals surface area contributed by atoms with Crippen molar-refractivity contribution in [1.29, 1.82) is 0 Å². The summed E-state index contributed by atoms with van der Waals surface area (Å²) in [4.78, 5) is 33.1. The average Bonchev–Trinajstić information content (AvgIpc) is 2.78. The van der Waals surface area contributed by atoms with E-state index in [0.29, 0.717) is 18.8 Å².